The molecule has 2 N–H and O–H groups in total. The number of aromatic amines is 1. The van der Waals surface area contributed by atoms with E-state index in [0.29, 0.717) is 5.65 Å². The van der Waals surface area contributed by atoms with E-state index in [9.17, 15) is 5.11 Å². The Morgan fingerprint density at radius 3 is 2.63 bits per heavy atom. The molecule has 4 aromatic rings. The van der Waals surface area contributed by atoms with Gasteiger partial charge in [-0.25, -0.2) is 4.98 Å². The molecular weight excluding hydrogens is 340 g/mol. The lowest BCUT2D eigenvalue weighted by Crippen LogP contribution is -2.17. The van der Waals surface area contributed by atoms with Gasteiger partial charge in [0.1, 0.15) is 17.2 Å². The van der Waals surface area contributed by atoms with Gasteiger partial charge >= 0.3 is 0 Å². The molecule has 0 spiro atoms. The van der Waals surface area contributed by atoms with E-state index in [1.54, 1.807) is 12.1 Å². The van der Waals surface area contributed by atoms with E-state index < -0.39 is 0 Å². The zero-order chi connectivity index (χ0) is 18.2. The van der Waals surface area contributed by atoms with Crippen molar-refractivity contribution < 1.29 is 9.52 Å². The Morgan fingerprint density at radius 1 is 1.00 bits per heavy atom. The number of likely N-dealkylation sites (tertiary alicyclic amines) is 1. The van der Waals surface area contributed by atoms with Crippen molar-refractivity contribution in [2.75, 3.05) is 13.1 Å². The van der Waals surface area contributed by atoms with Crippen LogP contribution in [0.1, 0.15) is 18.6 Å². The number of phenolic OH excluding ortho intramolecular Hbond substituents is 1. The average Bonchev–Trinajstić information content (AvgIpc) is 3.42. The van der Waals surface area contributed by atoms with E-state index in [1.807, 2.05) is 36.4 Å². The summed E-state index contributed by atoms with van der Waals surface area (Å²) in [6.45, 7) is 3.15. The first kappa shape index (κ1) is 16.1. The maximum absolute atomic E-state index is 9.45. The lowest BCUT2D eigenvalue weighted by Gasteiger charge is -2.11. The molecule has 3 aromatic heterocycles. The van der Waals surface area contributed by atoms with E-state index in [-0.39, 0.29) is 5.75 Å². The summed E-state index contributed by atoms with van der Waals surface area (Å²) >= 11 is 0. The third-order valence-electron chi connectivity index (χ3n) is 5.07. The lowest BCUT2D eigenvalue weighted by atomic mass is 10.1. The molecule has 1 aliphatic heterocycles. The highest BCUT2D eigenvalue weighted by Gasteiger charge is 2.16. The van der Waals surface area contributed by atoms with E-state index in [1.165, 1.54) is 12.8 Å². The predicted octanol–water partition coefficient (Wildman–Crippen LogP) is 4.19. The van der Waals surface area contributed by atoms with Crippen LogP contribution in [0.25, 0.3) is 33.7 Å². The van der Waals surface area contributed by atoms with Crippen LogP contribution in [0.2, 0.25) is 0 Å². The summed E-state index contributed by atoms with van der Waals surface area (Å²) in [6, 6.07) is 15.0. The Bertz CT molecular complexity index is 1080. The Morgan fingerprint density at radius 2 is 1.81 bits per heavy atom. The van der Waals surface area contributed by atoms with Crippen molar-refractivity contribution in [3.8, 4) is 28.5 Å². The third-order valence-corrected chi connectivity index (χ3v) is 5.07. The smallest absolute Gasteiger partial charge is 0.182 e. The second-order valence-electron chi connectivity index (χ2n) is 6.96. The van der Waals surface area contributed by atoms with Crippen LogP contribution >= 0.6 is 0 Å². The highest BCUT2D eigenvalue weighted by Crippen LogP contribution is 2.30. The van der Waals surface area contributed by atoms with Gasteiger partial charge < -0.3 is 9.52 Å². The SMILES string of the molecule is Oc1ccc(-c2ccc3c(-c4ccc(CN5CCCC5)o4)[nH]nc3n2)cc1. The Hall–Kier alpha value is -3.12. The first-order valence-corrected chi connectivity index (χ1v) is 9.22. The summed E-state index contributed by atoms with van der Waals surface area (Å²) in [4.78, 5) is 7.05. The molecule has 0 bridgehead atoms. The molecule has 0 saturated carbocycles. The first-order chi connectivity index (χ1) is 13.3. The van der Waals surface area contributed by atoms with Gasteiger partial charge in [0.25, 0.3) is 0 Å². The van der Waals surface area contributed by atoms with Crippen LogP contribution in [0.15, 0.2) is 52.9 Å². The van der Waals surface area contributed by atoms with Crippen LogP contribution in [0.4, 0.5) is 0 Å². The van der Waals surface area contributed by atoms with E-state index in [2.05, 4.69) is 20.1 Å². The minimum Gasteiger partial charge on any atom is -0.508 e. The van der Waals surface area contributed by atoms with Crippen LogP contribution in [0, 0.1) is 0 Å². The molecule has 0 amide bonds. The van der Waals surface area contributed by atoms with E-state index in [4.69, 9.17) is 4.42 Å². The zero-order valence-electron chi connectivity index (χ0n) is 14.9. The summed E-state index contributed by atoms with van der Waals surface area (Å²) in [5.74, 6) is 2.00. The molecule has 6 nitrogen and oxygen atoms in total. The molecule has 1 saturated heterocycles. The van der Waals surface area contributed by atoms with Crippen LogP contribution in [-0.2, 0) is 6.54 Å². The average molecular weight is 360 g/mol. The second kappa shape index (κ2) is 6.55. The highest BCUT2D eigenvalue weighted by molar-refractivity contribution is 5.90. The van der Waals surface area contributed by atoms with Gasteiger partial charge in [0.2, 0.25) is 0 Å². The molecule has 0 atom stereocenters. The van der Waals surface area contributed by atoms with E-state index in [0.717, 1.165) is 53.5 Å². The fraction of sp³-hybridized carbons (Fsp3) is 0.238. The van der Waals surface area contributed by atoms with Crippen molar-refractivity contribution in [3.05, 3.63) is 54.3 Å². The number of H-pyrrole nitrogens is 1. The third kappa shape index (κ3) is 3.08. The second-order valence-corrected chi connectivity index (χ2v) is 6.96. The predicted molar refractivity (Wildman–Crippen MR) is 103 cm³/mol. The van der Waals surface area contributed by atoms with Crippen molar-refractivity contribution in [1.82, 2.24) is 20.1 Å². The van der Waals surface area contributed by atoms with Gasteiger partial charge in [-0.05, 0) is 74.5 Å². The maximum atomic E-state index is 9.45. The molecular formula is C21H20N4O2. The van der Waals surface area contributed by atoms with Gasteiger partial charge in [-0.3, -0.25) is 10.00 Å². The molecule has 136 valence electrons. The van der Waals surface area contributed by atoms with Crippen molar-refractivity contribution in [3.63, 3.8) is 0 Å². The molecule has 6 heteroatoms. The van der Waals surface area contributed by atoms with Gasteiger partial charge in [-0.2, -0.15) is 5.10 Å². The van der Waals surface area contributed by atoms with Crippen molar-refractivity contribution in [2.24, 2.45) is 0 Å². The Balaban J connectivity index is 1.44. The molecule has 0 unspecified atom stereocenters. The normalized spacial score (nSPS) is 15.0. The van der Waals surface area contributed by atoms with Crippen LogP contribution in [0.3, 0.4) is 0 Å². The molecule has 4 heterocycles. The summed E-state index contributed by atoms with van der Waals surface area (Å²) in [5.41, 5.74) is 3.25. The van der Waals surface area contributed by atoms with Crippen molar-refractivity contribution in [1.29, 1.82) is 0 Å². The number of rotatable bonds is 4. The van der Waals surface area contributed by atoms with Crippen LogP contribution in [0.5, 0.6) is 5.75 Å². The number of hydrogen-bond donors (Lipinski definition) is 2. The molecule has 27 heavy (non-hydrogen) atoms. The Labute approximate surface area is 156 Å². The fourth-order valence-electron chi connectivity index (χ4n) is 3.64. The minimum absolute atomic E-state index is 0.240. The number of aromatic hydroxyl groups is 1. The Kier molecular flexibility index (Phi) is 3.90. The molecule has 1 aromatic carbocycles. The number of fused-ring (bicyclic) bond motifs is 1. The fourth-order valence-corrected chi connectivity index (χ4v) is 3.64. The summed E-state index contributed by atoms with van der Waals surface area (Å²) in [5, 5.41) is 17.8. The number of benzene rings is 1. The van der Waals surface area contributed by atoms with Gasteiger partial charge in [0, 0.05) is 10.9 Å². The topological polar surface area (TPSA) is 78.2 Å². The molecule has 5 rings (SSSR count). The van der Waals surface area contributed by atoms with E-state index >= 15 is 0 Å². The molecule has 1 aliphatic rings. The largest absolute Gasteiger partial charge is 0.508 e. The maximum Gasteiger partial charge on any atom is 0.182 e. The monoisotopic (exact) mass is 360 g/mol. The standard InChI is InChI=1S/C21H20N4O2/c26-15-5-3-14(4-6-15)18-9-8-17-20(23-24-21(17)22-18)19-10-7-16(27-19)13-25-11-1-2-12-25/h3-10,26H,1-2,11-13H2,(H,22,23,24). The van der Waals surface area contributed by atoms with Gasteiger partial charge in [0.05, 0.1) is 12.2 Å². The molecule has 0 radical (unpaired) electrons. The molecule has 0 aliphatic carbocycles. The number of hydrogen-bond acceptors (Lipinski definition) is 5. The van der Waals surface area contributed by atoms with Crippen molar-refractivity contribution >= 4 is 11.0 Å². The first-order valence-electron chi connectivity index (χ1n) is 9.22. The van der Waals surface area contributed by atoms with Gasteiger partial charge in [-0.15, -0.1) is 0 Å². The highest BCUT2D eigenvalue weighted by atomic mass is 16.3. The van der Waals surface area contributed by atoms with Gasteiger partial charge in [-0.1, -0.05) is 0 Å². The van der Waals surface area contributed by atoms with Crippen LogP contribution < -0.4 is 0 Å². The number of nitrogens with zero attached hydrogens (tertiary/aromatic N) is 3. The summed E-state index contributed by atoms with van der Waals surface area (Å²) in [6.07, 6.45) is 2.54. The number of pyridine rings is 1. The molecule has 1 fully saturated rings. The number of furan rings is 1. The summed E-state index contributed by atoms with van der Waals surface area (Å²) < 4.78 is 6.06. The lowest BCUT2D eigenvalue weighted by molar-refractivity contribution is 0.299. The zero-order valence-corrected chi connectivity index (χ0v) is 14.9. The number of nitrogens with one attached hydrogen (secondary N) is 1. The van der Waals surface area contributed by atoms with Gasteiger partial charge in [0.15, 0.2) is 11.4 Å². The minimum atomic E-state index is 0.240. The summed E-state index contributed by atoms with van der Waals surface area (Å²) in [7, 11) is 0. The number of aromatic nitrogens is 3. The van der Waals surface area contributed by atoms with Crippen molar-refractivity contribution in [2.45, 2.75) is 19.4 Å². The van der Waals surface area contributed by atoms with Crippen LogP contribution in [-0.4, -0.2) is 38.3 Å². The quantitative estimate of drug-likeness (QED) is 0.571. The number of phenols is 1.